The summed E-state index contributed by atoms with van der Waals surface area (Å²) in [5.41, 5.74) is 0. The zero-order chi connectivity index (χ0) is 14.5. The summed E-state index contributed by atoms with van der Waals surface area (Å²) in [6, 6.07) is 0.271. The predicted octanol–water partition coefficient (Wildman–Crippen LogP) is 2.46. The van der Waals surface area contributed by atoms with Crippen LogP contribution in [-0.2, 0) is 4.79 Å². The Balaban J connectivity index is 1.72. The van der Waals surface area contributed by atoms with Crippen molar-refractivity contribution in [3.8, 4) is 0 Å². The molecular formula is C15H26N2O3. The van der Waals surface area contributed by atoms with E-state index in [0.29, 0.717) is 18.9 Å². The minimum Gasteiger partial charge on any atom is -0.481 e. The predicted molar refractivity (Wildman–Crippen MR) is 76.5 cm³/mol. The Morgan fingerprint density at radius 3 is 2.70 bits per heavy atom. The van der Waals surface area contributed by atoms with Gasteiger partial charge in [-0.1, -0.05) is 12.8 Å². The van der Waals surface area contributed by atoms with E-state index in [9.17, 15) is 9.59 Å². The topological polar surface area (TPSA) is 69.6 Å². The maximum atomic E-state index is 12.2. The van der Waals surface area contributed by atoms with Gasteiger partial charge in [0, 0.05) is 25.6 Å². The highest BCUT2D eigenvalue weighted by molar-refractivity contribution is 5.74. The molecule has 2 amide bonds. The van der Waals surface area contributed by atoms with Gasteiger partial charge in [0.15, 0.2) is 0 Å². The fraction of sp³-hybridized carbons (Fsp3) is 0.867. The summed E-state index contributed by atoms with van der Waals surface area (Å²) in [5.74, 6) is 0.406. The molecule has 0 radical (unpaired) electrons. The summed E-state index contributed by atoms with van der Waals surface area (Å²) in [5, 5.41) is 11.8. The molecule has 1 saturated carbocycles. The van der Waals surface area contributed by atoms with Gasteiger partial charge in [-0.3, -0.25) is 4.79 Å². The number of carbonyl (C=O) groups is 2. The lowest BCUT2D eigenvalue weighted by Crippen LogP contribution is -2.48. The largest absolute Gasteiger partial charge is 0.481 e. The molecule has 20 heavy (non-hydrogen) atoms. The summed E-state index contributed by atoms with van der Waals surface area (Å²) in [6.45, 7) is 3.57. The lowest BCUT2D eigenvalue weighted by Gasteiger charge is -2.33. The standard InChI is InChI=1S/C15H26N2O3/c1-11(9-12-4-5-12)16-15(20)17-8-2-3-13(10-17)6-7-14(18)19/h11-13H,2-10H2,1H3,(H,16,20)(H,18,19). The number of hydrogen-bond acceptors (Lipinski definition) is 2. The first kappa shape index (κ1) is 15.1. The molecule has 1 saturated heterocycles. The van der Waals surface area contributed by atoms with Crippen LogP contribution in [0.2, 0.25) is 0 Å². The Morgan fingerprint density at radius 2 is 2.05 bits per heavy atom. The van der Waals surface area contributed by atoms with Crippen LogP contribution in [0.4, 0.5) is 4.79 Å². The number of nitrogens with zero attached hydrogens (tertiary/aromatic N) is 1. The molecular weight excluding hydrogens is 256 g/mol. The van der Waals surface area contributed by atoms with Crippen molar-refractivity contribution in [2.24, 2.45) is 11.8 Å². The molecule has 1 heterocycles. The maximum Gasteiger partial charge on any atom is 0.317 e. The minimum absolute atomic E-state index is 0.0261. The first-order chi connectivity index (χ1) is 9.54. The zero-order valence-corrected chi connectivity index (χ0v) is 12.3. The lowest BCUT2D eigenvalue weighted by atomic mass is 9.93. The average molecular weight is 282 g/mol. The van der Waals surface area contributed by atoms with Crippen molar-refractivity contribution in [3.63, 3.8) is 0 Å². The van der Waals surface area contributed by atoms with Crippen LogP contribution in [0.1, 0.15) is 51.9 Å². The van der Waals surface area contributed by atoms with Crippen molar-refractivity contribution in [1.82, 2.24) is 10.2 Å². The van der Waals surface area contributed by atoms with Crippen molar-refractivity contribution in [3.05, 3.63) is 0 Å². The SMILES string of the molecule is CC(CC1CC1)NC(=O)N1CCCC(CCC(=O)O)C1. The van der Waals surface area contributed by atoms with Gasteiger partial charge in [0.1, 0.15) is 0 Å². The molecule has 5 nitrogen and oxygen atoms in total. The van der Waals surface area contributed by atoms with Crippen LogP contribution < -0.4 is 5.32 Å². The normalized spacial score (nSPS) is 24.2. The Bertz CT molecular complexity index is 355. The number of hydrogen-bond donors (Lipinski definition) is 2. The third kappa shape index (κ3) is 5.02. The van der Waals surface area contributed by atoms with E-state index < -0.39 is 5.97 Å². The summed E-state index contributed by atoms with van der Waals surface area (Å²) >= 11 is 0. The number of piperidine rings is 1. The Labute approximate surface area is 120 Å². The van der Waals surface area contributed by atoms with Gasteiger partial charge in [0.25, 0.3) is 0 Å². The van der Waals surface area contributed by atoms with E-state index in [0.717, 1.165) is 31.7 Å². The molecule has 0 bridgehead atoms. The van der Waals surface area contributed by atoms with Gasteiger partial charge in [0.2, 0.25) is 0 Å². The highest BCUT2D eigenvalue weighted by Crippen LogP contribution is 2.33. The van der Waals surface area contributed by atoms with Crippen LogP contribution in [0.3, 0.4) is 0 Å². The van der Waals surface area contributed by atoms with E-state index in [1.54, 1.807) is 0 Å². The lowest BCUT2D eigenvalue weighted by molar-refractivity contribution is -0.137. The van der Waals surface area contributed by atoms with Gasteiger partial charge >= 0.3 is 12.0 Å². The van der Waals surface area contributed by atoms with Gasteiger partial charge in [0.05, 0.1) is 0 Å². The van der Waals surface area contributed by atoms with Crippen LogP contribution in [-0.4, -0.2) is 41.1 Å². The molecule has 1 aliphatic heterocycles. The van der Waals surface area contributed by atoms with Gasteiger partial charge in [-0.15, -0.1) is 0 Å². The fourth-order valence-corrected chi connectivity index (χ4v) is 3.03. The molecule has 114 valence electrons. The van der Waals surface area contributed by atoms with E-state index in [1.807, 2.05) is 4.90 Å². The van der Waals surface area contributed by atoms with E-state index in [-0.39, 0.29) is 18.5 Å². The Morgan fingerprint density at radius 1 is 1.30 bits per heavy atom. The quantitative estimate of drug-likeness (QED) is 0.786. The second-order valence-corrected chi connectivity index (χ2v) is 6.42. The van der Waals surface area contributed by atoms with Gasteiger partial charge < -0.3 is 15.3 Å². The minimum atomic E-state index is -0.746. The van der Waals surface area contributed by atoms with E-state index >= 15 is 0 Å². The number of urea groups is 1. The molecule has 2 unspecified atom stereocenters. The van der Waals surface area contributed by atoms with Gasteiger partial charge in [-0.05, 0) is 44.4 Å². The van der Waals surface area contributed by atoms with E-state index in [2.05, 4.69) is 12.2 Å². The van der Waals surface area contributed by atoms with Crippen molar-refractivity contribution >= 4 is 12.0 Å². The first-order valence-electron chi connectivity index (χ1n) is 7.82. The van der Waals surface area contributed by atoms with Crippen LogP contribution in [0.15, 0.2) is 0 Å². The molecule has 1 aliphatic carbocycles. The molecule has 2 aliphatic rings. The van der Waals surface area contributed by atoms with Gasteiger partial charge in [-0.2, -0.15) is 0 Å². The first-order valence-corrected chi connectivity index (χ1v) is 7.82. The summed E-state index contributed by atoms with van der Waals surface area (Å²) < 4.78 is 0. The van der Waals surface area contributed by atoms with Crippen molar-refractivity contribution in [2.75, 3.05) is 13.1 Å². The monoisotopic (exact) mass is 282 g/mol. The van der Waals surface area contributed by atoms with Crippen molar-refractivity contribution in [2.45, 2.75) is 57.9 Å². The van der Waals surface area contributed by atoms with Crippen LogP contribution >= 0.6 is 0 Å². The Hall–Kier alpha value is -1.26. The maximum absolute atomic E-state index is 12.2. The molecule has 0 aromatic rings. The third-order valence-corrected chi connectivity index (χ3v) is 4.33. The molecule has 2 N–H and O–H groups in total. The molecule has 2 rings (SSSR count). The third-order valence-electron chi connectivity index (χ3n) is 4.33. The smallest absolute Gasteiger partial charge is 0.317 e. The zero-order valence-electron chi connectivity index (χ0n) is 12.3. The number of carboxylic acid groups (broad SMARTS) is 1. The molecule has 0 aromatic carbocycles. The average Bonchev–Trinajstić information content (AvgIpc) is 3.20. The fourth-order valence-electron chi connectivity index (χ4n) is 3.03. The number of likely N-dealkylation sites (tertiary alicyclic amines) is 1. The second kappa shape index (κ2) is 6.95. The molecule has 2 atom stereocenters. The summed E-state index contributed by atoms with van der Waals surface area (Å²) in [4.78, 5) is 24.7. The second-order valence-electron chi connectivity index (χ2n) is 6.42. The Kier molecular flexibility index (Phi) is 5.26. The molecule has 2 fully saturated rings. The number of aliphatic carboxylic acids is 1. The highest BCUT2D eigenvalue weighted by Gasteiger charge is 2.27. The molecule has 5 heteroatoms. The summed E-state index contributed by atoms with van der Waals surface area (Å²) in [6.07, 6.45) is 6.60. The number of rotatable bonds is 6. The van der Waals surface area contributed by atoms with E-state index in [1.165, 1.54) is 12.8 Å². The number of nitrogens with one attached hydrogen (secondary N) is 1. The van der Waals surface area contributed by atoms with E-state index in [4.69, 9.17) is 5.11 Å². The van der Waals surface area contributed by atoms with Crippen LogP contribution in [0.25, 0.3) is 0 Å². The molecule has 0 aromatic heterocycles. The summed E-state index contributed by atoms with van der Waals surface area (Å²) in [7, 11) is 0. The highest BCUT2D eigenvalue weighted by atomic mass is 16.4. The van der Waals surface area contributed by atoms with Crippen molar-refractivity contribution in [1.29, 1.82) is 0 Å². The van der Waals surface area contributed by atoms with Crippen LogP contribution in [0, 0.1) is 11.8 Å². The number of carboxylic acids is 1. The van der Waals surface area contributed by atoms with Crippen LogP contribution in [0.5, 0.6) is 0 Å². The van der Waals surface area contributed by atoms with Gasteiger partial charge in [-0.25, -0.2) is 4.79 Å². The van der Waals surface area contributed by atoms with Crippen molar-refractivity contribution < 1.29 is 14.7 Å². The number of carbonyl (C=O) groups excluding carboxylic acids is 1. The molecule has 0 spiro atoms. The number of amides is 2.